The summed E-state index contributed by atoms with van der Waals surface area (Å²) < 4.78 is 6.49. The van der Waals surface area contributed by atoms with E-state index in [4.69, 9.17) is 4.74 Å². The first-order valence-electron chi connectivity index (χ1n) is 7.87. The number of aromatic amines is 1. The molecule has 0 spiro atoms. The van der Waals surface area contributed by atoms with Crippen LogP contribution in [0.3, 0.4) is 0 Å². The van der Waals surface area contributed by atoms with Gasteiger partial charge in [-0.15, -0.1) is 11.3 Å². The molecule has 0 unspecified atom stereocenters. The normalized spacial score (nSPS) is 14.5. The number of aryl methyl sites for hydroxylation is 1. The van der Waals surface area contributed by atoms with E-state index < -0.39 is 11.2 Å². The Bertz CT molecular complexity index is 865. The third-order valence-corrected chi connectivity index (χ3v) is 4.74. The molecule has 1 amide bonds. The van der Waals surface area contributed by atoms with Crippen molar-refractivity contribution in [1.29, 1.82) is 0 Å². The second-order valence-electron chi connectivity index (χ2n) is 5.70. The Morgan fingerprint density at radius 3 is 2.92 bits per heavy atom. The van der Waals surface area contributed by atoms with Gasteiger partial charge in [-0.25, -0.2) is 9.78 Å². The standard InChI is InChI=1S/C15H19N5O4S/c1-10-7-20(14(23)18-13(10)22)8-12(21)16-6-11-9-25-15(17-11)19-2-4-24-5-3-19/h7,9H,2-6,8H2,1H3,(H,16,21)(H,18,22,23). The number of ether oxygens (including phenoxy) is 1. The van der Waals surface area contributed by atoms with Crippen molar-refractivity contribution in [1.82, 2.24) is 19.9 Å². The number of amides is 1. The maximum Gasteiger partial charge on any atom is 0.328 e. The third-order valence-electron chi connectivity index (χ3n) is 3.79. The molecule has 0 aromatic carbocycles. The molecule has 1 saturated heterocycles. The summed E-state index contributed by atoms with van der Waals surface area (Å²) in [6.07, 6.45) is 1.38. The second-order valence-corrected chi connectivity index (χ2v) is 6.53. The van der Waals surface area contributed by atoms with E-state index in [2.05, 4.69) is 20.2 Å². The summed E-state index contributed by atoms with van der Waals surface area (Å²) in [4.78, 5) is 43.9. The lowest BCUT2D eigenvalue weighted by molar-refractivity contribution is -0.121. The predicted molar refractivity (Wildman–Crippen MR) is 93.1 cm³/mol. The molecule has 3 heterocycles. The van der Waals surface area contributed by atoms with Crippen LogP contribution in [-0.4, -0.2) is 46.7 Å². The van der Waals surface area contributed by atoms with Crippen LogP contribution in [0.25, 0.3) is 0 Å². The van der Waals surface area contributed by atoms with Crippen molar-refractivity contribution in [2.24, 2.45) is 0 Å². The summed E-state index contributed by atoms with van der Waals surface area (Å²) in [7, 11) is 0. The fourth-order valence-corrected chi connectivity index (χ4v) is 3.29. The van der Waals surface area contributed by atoms with Gasteiger partial charge in [0.05, 0.1) is 25.5 Å². The SMILES string of the molecule is Cc1cn(CC(=O)NCc2csc(N3CCOCC3)n2)c(=O)[nH]c1=O. The number of morpholine rings is 1. The number of nitrogens with one attached hydrogen (secondary N) is 2. The molecule has 2 N–H and O–H groups in total. The molecule has 134 valence electrons. The zero-order chi connectivity index (χ0) is 17.8. The van der Waals surface area contributed by atoms with E-state index in [0.29, 0.717) is 18.8 Å². The van der Waals surface area contributed by atoms with Crippen LogP contribution >= 0.6 is 11.3 Å². The van der Waals surface area contributed by atoms with Gasteiger partial charge in [0, 0.05) is 30.2 Å². The smallest absolute Gasteiger partial charge is 0.328 e. The molecule has 0 atom stereocenters. The number of nitrogens with zero attached hydrogens (tertiary/aromatic N) is 3. The molecule has 0 aliphatic carbocycles. The van der Waals surface area contributed by atoms with Crippen LogP contribution in [0.2, 0.25) is 0 Å². The molecule has 10 heteroatoms. The Labute approximate surface area is 147 Å². The lowest BCUT2D eigenvalue weighted by Gasteiger charge is -2.26. The van der Waals surface area contributed by atoms with Crippen LogP contribution in [0, 0.1) is 6.92 Å². The van der Waals surface area contributed by atoms with Gasteiger partial charge in [0.15, 0.2) is 5.13 Å². The van der Waals surface area contributed by atoms with Gasteiger partial charge < -0.3 is 15.0 Å². The van der Waals surface area contributed by atoms with E-state index in [0.717, 1.165) is 23.9 Å². The third kappa shape index (κ3) is 4.34. The van der Waals surface area contributed by atoms with Crippen LogP contribution in [0.4, 0.5) is 5.13 Å². The number of anilines is 1. The van der Waals surface area contributed by atoms with Gasteiger partial charge in [0.2, 0.25) is 5.91 Å². The van der Waals surface area contributed by atoms with Gasteiger partial charge in [0.1, 0.15) is 6.54 Å². The van der Waals surface area contributed by atoms with Crippen LogP contribution in [0.5, 0.6) is 0 Å². The number of rotatable bonds is 5. The first-order chi connectivity index (χ1) is 12.0. The van der Waals surface area contributed by atoms with Crippen molar-refractivity contribution in [3.63, 3.8) is 0 Å². The highest BCUT2D eigenvalue weighted by molar-refractivity contribution is 7.13. The quantitative estimate of drug-likeness (QED) is 0.736. The van der Waals surface area contributed by atoms with E-state index in [-0.39, 0.29) is 19.0 Å². The lowest BCUT2D eigenvalue weighted by atomic mass is 10.4. The lowest BCUT2D eigenvalue weighted by Crippen LogP contribution is -2.36. The topological polar surface area (TPSA) is 109 Å². The zero-order valence-electron chi connectivity index (χ0n) is 13.8. The summed E-state index contributed by atoms with van der Waals surface area (Å²) in [6, 6.07) is 0. The van der Waals surface area contributed by atoms with Gasteiger partial charge >= 0.3 is 5.69 Å². The molecule has 0 radical (unpaired) electrons. The first-order valence-corrected chi connectivity index (χ1v) is 8.75. The van der Waals surface area contributed by atoms with E-state index in [1.165, 1.54) is 22.1 Å². The highest BCUT2D eigenvalue weighted by atomic mass is 32.1. The molecule has 2 aromatic heterocycles. The minimum Gasteiger partial charge on any atom is -0.378 e. The highest BCUT2D eigenvalue weighted by Crippen LogP contribution is 2.21. The molecule has 2 aromatic rings. The Morgan fingerprint density at radius 2 is 2.16 bits per heavy atom. The fourth-order valence-electron chi connectivity index (χ4n) is 2.41. The molecule has 1 aliphatic rings. The molecule has 3 rings (SSSR count). The number of carbonyl (C=O) groups excluding carboxylic acids is 1. The van der Waals surface area contributed by atoms with Gasteiger partial charge in [-0.3, -0.25) is 19.1 Å². The van der Waals surface area contributed by atoms with E-state index in [1.807, 2.05) is 5.38 Å². The monoisotopic (exact) mass is 365 g/mol. The second kappa shape index (κ2) is 7.62. The molecular formula is C15H19N5O4S. The molecule has 9 nitrogen and oxygen atoms in total. The predicted octanol–water partition coefficient (Wildman–Crippen LogP) is -0.545. The minimum absolute atomic E-state index is 0.156. The average Bonchev–Trinajstić information content (AvgIpc) is 3.08. The Morgan fingerprint density at radius 1 is 1.40 bits per heavy atom. The van der Waals surface area contributed by atoms with Crippen molar-refractivity contribution < 1.29 is 9.53 Å². The summed E-state index contributed by atoms with van der Waals surface area (Å²) in [5.41, 5.74) is 0.0978. The maximum absolute atomic E-state index is 12.0. The average molecular weight is 365 g/mol. The van der Waals surface area contributed by atoms with Crippen LogP contribution in [0.15, 0.2) is 21.2 Å². The Kier molecular flexibility index (Phi) is 5.29. The van der Waals surface area contributed by atoms with Crippen molar-refractivity contribution in [3.8, 4) is 0 Å². The molecule has 1 fully saturated rings. The number of hydrogen-bond donors (Lipinski definition) is 2. The maximum atomic E-state index is 12.0. The summed E-state index contributed by atoms with van der Waals surface area (Å²) >= 11 is 1.53. The van der Waals surface area contributed by atoms with Crippen molar-refractivity contribution in [2.45, 2.75) is 20.0 Å². The first kappa shape index (κ1) is 17.4. The fraction of sp³-hybridized carbons (Fsp3) is 0.467. The number of hydrogen-bond acceptors (Lipinski definition) is 7. The summed E-state index contributed by atoms with van der Waals surface area (Å²) in [6.45, 7) is 4.72. The number of H-pyrrole nitrogens is 1. The Hall–Kier alpha value is -2.46. The van der Waals surface area contributed by atoms with Gasteiger partial charge in [-0.05, 0) is 6.92 Å². The molecular weight excluding hydrogens is 346 g/mol. The number of aromatic nitrogens is 3. The summed E-state index contributed by atoms with van der Waals surface area (Å²) in [5, 5.41) is 5.56. The zero-order valence-corrected chi connectivity index (χ0v) is 14.6. The highest BCUT2D eigenvalue weighted by Gasteiger charge is 2.15. The van der Waals surface area contributed by atoms with E-state index >= 15 is 0 Å². The van der Waals surface area contributed by atoms with Crippen LogP contribution in [-0.2, 0) is 22.6 Å². The molecule has 25 heavy (non-hydrogen) atoms. The van der Waals surface area contributed by atoms with Gasteiger partial charge in [-0.1, -0.05) is 0 Å². The largest absolute Gasteiger partial charge is 0.378 e. The number of carbonyl (C=O) groups is 1. The van der Waals surface area contributed by atoms with Crippen molar-refractivity contribution in [2.75, 3.05) is 31.2 Å². The minimum atomic E-state index is -0.603. The van der Waals surface area contributed by atoms with Crippen LogP contribution in [0.1, 0.15) is 11.3 Å². The van der Waals surface area contributed by atoms with Gasteiger partial charge in [-0.2, -0.15) is 0 Å². The molecule has 0 saturated carbocycles. The molecule has 0 bridgehead atoms. The van der Waals surface area contributed by atoms with E-state index in [9.17, 15) is 14.4 Å². The van der Waals surface area contributed by atoms with E-state index in [1.54, 1.807) is 6.92 Å². The Balaban J connectivity index is 1.56. The van der Waals surface area contributed by atoms with Crippen molar-refractivity contribution >= 4 is 22.4 Å². The number of thiazole rings is 1. The van der Waals surface area contributed by atoms with Gasteiger partial charge in [0.25, 0.3) is 5.56 Å². The molecule has 1 aliphatic heterocycles. The van der Waals surface area contributed by atoms with Crippen LogP contribution < -0.4 is 21.5 Å². The summed E-state index contributed by atoms with van der Waals surface area (Å²) in [5.74, 6) is -0.325. The van der Waals surface area contributed by atoms with Crippen molar-refractivity contribution in [3.05, 3.63) is 43.7 Å².